The summed E-state index contributed by atoms with van der Waals surface area (Å²) >= 11 is 0. The number of halogens is 5. The van der Waals surface area contributed by atoms with Crippen LogP contribution >= 0.6 is 0 Å². The van der Waals surface area contributed by atoms with E-state index in [4.69, 9.17) is 0 Å². The molecule has 0 heterocycles. The summed E-state index contributed by atoms with van der Waals surface area (Å²) in [4.78, 5) is -1.99. The lowest BCUT2D eigenvalue weighted by Crippen LogP contribution is -2.21. The van der Waals surface area contributed by atoms with E-state index in [1.165, 1.54) is 0 Å². The Labute approximate surface area is 112 Å². The number of benzene rings is 1. The standard InChI is InChI=1S/C11H11F5O3S/c1-11(2,3)4-19-20(17,18)10-8(15)6(13)5(12)7(14)9(10)16/h4H2,1-3H3. The second-order valence-corrected chi connectivity index (χ2v) is 6.73. The Morgan fingerprint density at radius 3 is 1.55 bits per heavy atom. The maximum Gasteiger partial charge on any atom is 0.303 e. The fourth-order valence-corrected chi connectivity index (χ4v) is 2.36. The summed E-state index contributed by atoms with van der Waals surface area (Å²) in [6.45, 7) is 4.18. The maximum atomic E-state index is 13.3. The summed E-state index contributed by atoms with van der Waals surface area (Å²) in [7, 11) is -5.11. The Hall–Kier alpha value is -1.22. The quantitative estimate of drug-likeness (QED) is 0.372. The van der Waals surface area contributed by atoms with E-state index in [0.29, 0.717) is 0 Å². The minimum Gasteiger partial charge on any atom is -0.266 e. The van der Waals surface area contributed by atoms with Crippen molar-refractivity contribution in [2.75, 3.05) is 6.61 Å². The van der Waals surface area contributed by atoms with Gasteiger partial charge in [0.25, 0.3) is 0 Å². The lowest BCUT2D eigenvalue weighted by atomic mass is 9.99. The van der Waals surface area contributed by atoms with Crippen molar-refractivity contribution in [1.29, 1.82) is 0 Å². The Balaban J connectivity index is 3.40. The molecule has 0 aliphatic carbocycles. The highest BCUT2D eigenvalue weighted by molar-refractivity contribution is 7.86. The zero-order chi connectivity index (χ0) is 15.9. The van der Waals surface area contributed by atoms with Crippen LogP contribution in [0.25, 0.3) is 0 Å². The largest absolute Gasteiger partial charge is 0.303 e. The van der Waals surface area contributed by atoms with Gasteiger partial charge in [0.15, 0.2) is 28.2 Å². The summed E-state index contributed by atoms with van der Waals surface area (Å²) < 4.78 is 92.8. The summed E-state index contributed by atoms with van der Waals surface area (Å²) in [5, 5.41) is 0. The summed E-state index contributed by atoms with van der Waals surface area (Å²) in [5.74, 6) is -12.0. The molecule has 0 fully saturated rings. The molecule has 0 saturated heterocycles. The van der Waals surface area contributed by atoms with Crippen LogP contribution in [-0.2, 0) is 14.3 Å². The predicted molar refractivity (Wildman–Crippen MR) is 58.8 cm³/mol. The molecule has 1 aromatic rings. The van der Waals surface area contributed by atoms with Crippen molar-refractivity contribution in [2.45, 2.75) is 25.7 Å². The molecule has 1 aromatic carbocycles. The number of rotatable bonds is 3. The van der Waals surface area contributed by atoms with Gasteiger partial charge in [0.1, 0.15) is 0 Å². The Morgan fingerprint density at radius 2 is 1.20 bits per heavy atom. The first-order chi connectivity index (χ1) is 8.88. The van der Waals surface area contributed by atoms with Crippen LogP contribution in [0.15, 0.2) is 4.90 Å². The van der Waals surface area contributed by atoms with Gasteiger partial charge in [-0.3, -0.25) is 4.18 Å². The summed E-state index contributed by atoms with van der Waals surface area (Å²) in [6.07, 6.45) is 0. The van der Waals surface area contributed by atoms with Gasteiger partial charge in [-0.2, -0.15) is 8.42 Å². The Bertz CT molecular complexity index is 605. The Morgan fingerprint density at radius 1 is 0.850 bits per heavy atom. The SMILES string of the molecule is CC(C)(C)COS(=O)(=O)c1c(F)c(F)c(F)c(F)c1F. The summed E-state index contributed by atoms with van der Waals surface area (Å²) in [5.41, 5.74) is -0.697. The van der Waals surface area contributed by atoms with Crippen LogP contribution in [0.4, 0.5) is 22.0 Å². The van der Waals surface area contributed by atoms with E-state index < -0.39 is 56.1 Å². The molecule has 0 atom stereocenters. The average molecular weight is 318 g/mol. The molecule has 0 radical (unpaired) electrons. The lowest BCUT2D eigenvalue weighted by molar-refractivity contribution is 0.201. The zero-order valence-electron chi connectivity index (χ0n) is 10.7. The fraction of sp³-hybridized carbons (Fsp3) is 0.455. The van der Waals surface area contributed by atoms with Gasteiger partial charge < -0.3 is 0 Å². The fourth-order valence-electron chi connectivity index (χ4n) is 1.12. The molecule has 0 unspecified atom stereocenters. The lowest BCUT2D eigenvalue weighted by Gasteiger charge is -2.18. The molecular formula is C11H11F5O3S. The van der Waals surface area contributed by atoms with Gasteiger partial charge in [-0.05, 0) is 5.41 Å². The topological polar surface area (TPSA) is 43.4 Å². The van der Waals surface area contributed by atoms with Gasteiger partial charge in [0.05, 0.1) is 6.61 Å². The minimum absolute atomic E-state index is 0.491. The third kappa shape index (κ3) is 3.26. The van der Waals surface area contributed by atoms with Crippen LogP contribution in [0.3, 0.4) is 0 Å². The second-order valence-electron chi connectivity index (χ2n) is 5.18. The first kappa shape index (κ1) is 16.8. The highest BCUT2D eigenvalue weighted by Crippen LogP contribution is 2.28. The highest BCUT2D eigenvalue weighted by Gasteiger charge is 2.34. The zero-order valence-corrected chi connectivity index (χ0v) is 11.5. The van der Waals surface area contributed by atoms with Gasteiger partial charge in [-0.1, -0.05) is 20.8 Å². The molecule has 0 amide bonds. The van der Waals surface area contributed by atoms with Gasteiger partial charge in [-0.15, -0.1) is 0 Å². The van der Waals surface area contributed by atoms with Gasteiger partial charge in [0.2, 0.25) is 5.82 Å². The average Bonchev–Trinajstić information content (AvgIpc) is 2.31. The van der Waals surface area contributed by atoms with Crippen LogP contribution in [-0.4, -0.2) is 15.0 Å². The first-order valence-corrected chi connectivity index (χ1v) is 6.70. The van der Waals surface area contributed by atoms with Crippen LogP contribution in [0, 0.1) is 34.5 Å². The number of hydrogen-bond donors (Lipinski definition) is 0. The van der Waals surface area contributed by atoms with Crippen molar-refractivity contribution in [1.82, 2.24) is 0 Å². The van der Waals surface area contributed by atoms with E-state index in [9.17, 15) is 30.4 Å². The van der Waals surface area contributed by atoms with Crippen molar-refractivity contribution in [3.63, 3.8) is 0 Å². The van der Waals surface area contributed by atoms with Crippen LogP contribution < -0.4 is 0 Å². The summed E-state index contributed by atoms with van der Waals surface area (Å²) in [6, 6.07) is 0. The van der Waals surface area contributed by atoms with Crippen LogP contribution in [0.2, 0.25) is 0 Å². The molecule has 0 bridgehead atoms. The molecule has 9 heteroatoms. The van der Waals surface area contributed by atoms with E-state index in [2.05, 4.69) is 4.18 Å². The van der Waals surface area contributed by atoms with Crippen molar-refractivity contribution < 1.29 is 34.6 Å². The van der Waals surface area contributed by atoms with Crippen LogP contribution in [0.1, 0.15) is 20.8 Å². The third-order valence-electron chi connectivity index (χ3n) is 2.07. The molecule has 114 valence electrons. The third-order valence-corrected chi connectivity index (χ3v) is 3.35. The normalized spacial score (nSPS) is 12.8. The van der Waals surface area contributed by atoms with E-state index in [1.54, 1.807) is 20.8 Å². The molecule has 0 aliphatic rings. The van der Waals surface area contributed by atoms with E-state index in [-0.39, 0.29) is 0 Å². The van der Waals surface area contributed by atoms with Crippen molar-refractivity contribution >= 4 is 10.1 Å². The predicted octanol–water partition coefficient (Wildman–Crippen LogP) is 3.13. The van der Waals surface area contributed by atoms with Gasteiger partial charge in [-0.25, -0.2) is 22.0 Å². The molecule has 0 aliphatic heterocycles. The van der Waals surface area contributed by atoms with Crippen molar-refractivity contribution in [3.8, 4) is 0 Å². The van der Waals surface area contributed by atoms with Crippen LogP contribution in [0.5, 0.6) is 0 Å². The monoisotopic (exact) mass is 318 g/mol. The van der Waals surface area contributed by atoms with E-state index in [1.807, 2.05) is 0 Å². The number of hydrogen-bond acceptors (Lipinski definition) is 3. The van der Waals surface area contributed by atoms with Crippen molar-refractivity contribution in [3.05, 3.63) is 29.1 Å². The van der Waals surface area contributed by atoms with E-state index >= 15 is 0 Å². The molecule has 0 N–H and O–H groups in total. The first-order valence-electron chi connectivity index (χ1n) is 5.29. The molecule has 0 spiro atoms. The molecule has 1 rings (SSSR count). The van der Waals surface area contributed by atoms with Gasteiger partial charge >= 0.3 is 10.1 Å². The Kier molecular flexibility index (Phi) is 4.45. The van der Waals surface area contributed by atoms with Crippen molar-refractivity contribution in [2.24, 2.45) is 5.41 Å². The maximum absolute atomic E-state index is 13.3. The highest BCUT2D eigenvalue weighted by atomic mass is 32.2. The smallest absolute Gasteiger partial charge is 0.266 e. The van der Waals surface area contributed by atoms with Gasteiger partial charge in [0, 0.05) is 0 Å². The molecular weight excluding hydrogens is 307 g/mol. The molecule has 3 nitrogen and oxygen atoms in total. The molecule has 0 saturated carbocycles. The second kappa shape index (κ2) is 5.28. The minimum atomic E-state index is -5.11. The molecule has 20 heavy (non-hydrogen) atoms. The molecule has 0 aromatic heterocycles. The van der Waals surface area contributed by atoms with E-state index in [0.717, 1.165) is 0 Å².